The molecule has 1 fully saturated rings. The van der Waals surface area contributed by atoms with E-state index < -0.39 is 6.09 Å². The Morgan fingerprint density at radius 2 is 2.38 bits per heavy atom. The minimum Gasteiger partial charge on any atom is -0.438 e. The number of hydrogen-bond donors (Lipinski definition) is 1. The first-order valence-electron chi connectivity index (χ1n) is 3.99. The molecule has 0 spiro atoms. The molecule has 1 amide bonds. The van der Waals surface area contributed by atoms with Gasteiger partial charge >= 0.3 is 6.09 Å². The number of aromatic nitrogens is 2. The lowest BCUT2D eigenvalue weighted by Crippen LogP contribution is -2.12. The molecule has 1 aromatic rings. The number of nitrogens with one attached hydrogen (secondary N) is 1. The molecule has 1 unspecified atom stereocenters. The van der Waals surface area contributed by atoms with E-state index in [-0.39, 0.29) is 6.10 Å². The van der Waals surface area contributed by atoms with E-state index in [4.69, 9.17) is 4.74 Å². The Kier molecular flexibility index (Phi) is 1.84. The maximum absolute atomic E-state index is 10.7. The summed E-state index contributed by atoms with van der Waals surface area (Å²) in [6.45, 7) is 2.33. The van der Waals surface area contributed by atoms with Crippen molar-refractivity contribution in [1.82, 2.24) is 15.3 Å². The van der Waals surface area contributed by atoms with Crippen molar-refractivity contribution in [1.29, 1.82) is 0 Å². The van der Waals surface area contributed by atoms with Gasteiger partial charge in [0.15, 0.2) is 6.10 Å². The van der Waals surface area contributed by atoms with Gasteiger partial charge in [-0.1, -0.05) is 0 Å². The zero-order valence-electron chi connectivity index (χ0n) is 7.15. The fraction of sp³-hybridized carbons (Fsp3) is 0.375. The fourth-order valence-electron chi connectivity index (χ4n) is 1.12. The Morgan fingerprint density at radius 1 is 1.54 bits per heavy atom. The average molecular weight is 179 g/mol. The molecule has 0 saturated carbocycles. The molecule has 1 atom stereocenters. The monoisotopic (exact) mass is 179 g/mol. The summed E-state index contributed by atoms with van der Waals surface area (Å²) in [6.07, 6.45) is 2.59. The smallest absolute Gasteiger partial charge is 0.408 e. The van der Waals surface area contributed by atoms with Gasteiger partial charge < -0.3 is 10.1 Å². The second kappa shape index (κ2) is 3.01. The molecule has 1 saturated heterocycles. The Morgan fingerprint density at radius 3 is 2.92 bits per heavy atom. The van der Waals surface area contributed by atoms with Crippen LogP contribution in [0.25, 0.3) is 0 Å². The van der Waals surface area contributed by atoms with Crippen molar-refractivity contribution in [3.05, 3.63) is 23.8 Å². The average Bonchev–Trinajstić information content (AvgIpc) is 2.53. The zero-order chi connectivity index (χ0) is 9.26. The highest BCUT2D eigenvalue weighted by Crippen LogP contribution is 2.17. The molecule has 0 aliphatic carbocycles. The Labute approximate surface area is 75.1 Å². The quantitative estimate of drug-likeness (QED) is 0.684. The van der Waals surface area contributed by atoms with Crippen molar-refractivity contribution in [2.75, 3.05) is 6.54 Å². The van der Waals surface area contributed by atoms with Gasteiger partial charge in [0.25, 0.3) is 0 Å². The number of ether oxygens (including phenoxy) is 1. The Balaban J connectivity index is 2.17. The van der Waals surface area contributed by atoms with Gasteiger partial charge in [-0.2, -0.15) is 0 Å². The number of aryl methyl sites for hydroxylation is 1. The van der Waals surface area contributed by atoms with Crippen LogP contribution in [0, 0.1) is 6.92 Å². The van der Waals surface area contributed by atoms with Gasteiger partial charge in [0.2, 0.25) is 0 Å². The normalized spacial score (nSPS) is 21.0. The third-order valence-corrected chi connectivity index (χ3v) is 1.81. The van der Waals surface area contributed by atoms with Crippen LogP contribution >= 0.6 is 0 Å². The highest BCUT2D eigenvalue weighted by Gasteiger charge is 2.25. The third-order valence-electron chi connectivity index (χ3n) is 1.81. The summed E-state index contributed by atoms with van der Waals surface area (Å²) >= 11 is 0. The minimum atomic E-state index is -0.396. The first-order chi connectivity index (χ1) is 6.25. The molecule has 2 heterocycles. The van der Waals surface area contributed by atoms with E-state index in [1.165, 1.54) is 0 Å². The van der Waals surface area contributed by atoms with Crippen LogP contribution in [-0.4, -0.2) is 22.6 Å². The number of nitrogens with zero attached hydrogens (tertiary/aromatic N) is 2. The van der Waals surface area contributed by atoms with Gasteiger partial charge in [0, 0.05) is 6.20 Å². The van der Waals surface area contributed by atoms with Crippen LogP contribution in [0.1, 0.15) is 17.5 Å². The summed E-state index contributed by atoms with van der Waals surface area (Å²) in [5.74, 6) is 0. The standard InChI is InChI=1S/C8H9N3O2/c1-5-2-10-6(3-9-5)7-4-11-8(12)13-7/h2-3,7H,4H2,1H3,(H,11,12). The topological polar surface area (TPSA) is 64.1 Å². The van der Waals surface area contributed by atoms with Gasteiger partial charge in [-0.3, -0.25) is 9.97 Å². The van der Waals surface area contributed by atoms with Crippen LogP contribution in [0.3, 0.4) is 0 Å². The van der Waals surface area contributed by atoms with E-state index in [1.807, 2.05) is 6.92 Å². The second-order valence-corrected chi connectivity index (χ2v) is 2.86. The van der Waals surface area contributed by atoms with Gasteiger partial charge in [-0.15, -0.1) is 0 Å². The van der Waals surface area contributed by atoms with E-state index in [0.717, 1.165) is 5.69 Å². The Bertz CT molecular complexity index is 323. The van der Waals surface area contributed by atoms with E-state index in [0.29, 0.717) is 12.2 Å². The van der Waals surface area contributed by atoms with Crippen LogP contribution in [-0.2, 0) is 4.74 Å². The van der Waals surface area contributed by atoms with E-state index in [2.05, 4.69) is 15.3 Å². The number of carbonyl (C=O) groups is 1. The predicted octanol–water partition coefficient (Wildman–Crippen LogP) is 0.566. The minimum absolute atomic E-state index is 0.291. The molecule has 13 heavy (non-hydrogen) atoms. The lowest BCUT2D eigenvalue weighted by molar-refractivity contribution is 0.139. The molecule has 0 bridgehead atoms. The maximum atomic E-state index is 10.7. The molecule has 2 rings (SSSR count). The van der Waals surface area contributed by atoms with Crippen molar-refractivity contribution >= 4 is 6.09 Å². The number of alkyl carbamates (subject to hydrolysis) is 1. The molecule has 1 N–H and O–H groups in total. The number of rotatable bonds is 1. The molecule has 1 aliphatic rings. The molecule has 68 valence electrons. The first kappa shape index (κ1) is 7.97. The van der Waals surface area contributed by atoms with Gasteiger partial charge in [-0.25, -0.2) is 4.79 Å². The van der Waals surface area contributed by atoms with Crippen LogP contribution in [0.4, 0.5) is 4.79 Å². The van der Waals surface area contributed by atoms with Gasteiger partial charge in [0.1, 0.15) is 5.69 Å². The van der Waals surface area contributed by atoms with Crippen LogP contribution in [0.2, 0.25) is 0 Å². The van der Waals surface area contributed by atoms with Crippen molar-refractivity contribution < 1.29 is 9.53 Å². The van der Waals surface area contributed by atoms with Crippen molar-refractivity contribution in [2.45, 2.75) is 13.0 Å². The van der Waals surface area contributed by atoms with E-state index in [1.54, 1.807) is 12.4 Å². The molecule has 5 heteroatoms. The summed E-state index contributed by atoms with van der Waals surface area (Å²) in [6, 6.07) is 0. The second-order valence-electron chi connectivity index (χ2n) is 2.86. The number of carbonyl (C=O) groups excluding carboxylic acids is 1. The SMILES string of the molecule is Cc1cnc(C2CNC(=O)O2)cn1. The maximum Gasteiger partial charge on any atom is 0.408 e. The third kappa shape index (κ3) is 1.58. The molecule has 0 radical (unpaired) electrons. The van der Waals surface area contributed by atoms with Crippen LogP contribution in [0.5, 0.6) is 0 Å². The summed E-state index contributed by atoms with van der Waals surface area (Å²) < 4.78 is 4.93. The first-order valence-corrected chi connectivity index (χ1v) is 3.99. The lowest BCUT2D eigenvalue weighted by atomic mass is 10.2. The molecule has 0 aromatic carbocycles. The summed E-state index contributed by atoms with van der Waals surface area (Å²) in [7, 11) is 0. The molecular weight excluding hydrogens is 170 g/mol. The summed E-state index contributed by atoms with van der Waals surface area (Å²) in [5.41, 5.74) is 1.53. The van der Waals surface area contributed by atoms with Crippen LogP contribution in [0.15, 0.2) is 12.4 Å². The summed E-state index contributed by atoms with van der Waals surface area (Å²) in [4.78, 5) is 18.9. The highest BCUT2D eigenvalue weighted by molar-refractivity contribution is 5.69. The lowest BCUT2D eigenvalue weighted by Gasteiger charge is -2.05. The largest absolute Gasteiger partial charge is 0.438 e. The Hall–Kier alpha value is -1.65. The van der Waals surface area contributed by atoms with E-state index >= 15 is 0 Å². The van der Waals surface area contributed by atoms with Gasteiger partial charge in [0.05, 0.1) is 18.4 Å². The van der Waals surface area contributed by atoms with E-state index in [9.17, 15) is 4.79 Å². The highest BCUT2D eigenvalue weighted by atomic mass is 16.6. The number of cyclic esters (lactones) is 1. The summed E-state index contributed by atoms with van der Waals surface area (Å²) in [5, 5.41) is 2.55. The van der Waals surface area contributed by atoms with Crippen molar-refractivity contribution in [3.63, 3.8) is 0 Å². The number of amides is 1. The fourth-order valence-corrected chi connectivity index (χ4v) is 1.12. The molecule has 1 aliphatic heterocycles. The van der Waals surface area contributed by atoms with Crippen LogP contribution < -0.4 is 5.32 Å². The van der Waals surface area contributed by atoms with Crippen molar-refractivity contribution in [3.8, 4) is 0 Å². The molecule has 5 nitrogen and oxygen atoms in total. The van der Waals surface area contributed by atoms with Gasteiger partial charge in [-0.05, 0) is 6.92 Å². The van der Waals surface area contributed by atoms with Crippen molar-refractivity contribution in [2.24, 2.45) is 0 Å². The molecule has 1 aromatic heterocycles. The predicted molar refractivity (Wildman–Crippen MR) is 44.0 cm³/mol. The zero-order valence-corrected chi connectivity index (χ0v) is 7.15. The number of hydrogen-bond acceptors (Lipinski definition) is 4. The molecular formula is C8H9N3O2.